The molecule has 2 aromatic rings. The molecule has 0 spiro atoms. The van der Waals surface area contributed by atoms with Crippen molar-refractivity contribution in [2.45, 2.75) is 20.8 Å². The Morgan fingerprint density at radius 3 is 2.00 bits per heavy atom. The van der Waals surface area contributed by atoms with E-state index in [4.69, 9.17) is 4.74 Å². The van der Waals surface area contributed by atoms with E-state index in [0.717, 1.165) is 5.75 Å². The molecule has 0 fully saturated rings. The summed E-state index contributed by atoms with van der Waals surface area (Å²) in [4.78, 5) is 0. The number of aryl methyl sites for hydroxylation is 1. The van der Waals surface area contributed by atoms with Crippen LogP contribution in [-0.4, -0.2) is 7.11 Å². The third-order valence-corrected chi connectivity index (χ3v) is 2.26. The third-order valence-electron chi connectivity index (χ3n) is 2.26. The van der Waals surface area contributed by atoms with Gasteiger partial charge in [-0.1, -0.05) is 38.1 Å². The van der Waals surface area contributed by atoms with Gasteiger partial charge < -0.3 is 4.74 Å². The minimum absolute atomic E-state index is 0.957. The zero-order chi connectivity index (χ0) is 11.3. The molecule has 15 heavy (non-hydrogen) atoms. The highest BCUT2D eigenvalue weighted by Crippen LogP contribution is 2.24. The number of hydrogen-bond donors (Lipinski definition) is 0. The second-order valence-electron chi connectivity index (χ2n) is 3.17. The molecule has 0 saturated heterocycles. The molecular weight excluding hydrogens is 184 g/mol. The van der Waals surface area contributed by atoms with Gasteiger partial charge in [0, 0.05) is 0 Å². The number of hydrogen-bond acceptors (Lipinski definition) is 1. The Labute approximate surface area is 91.7 Å². The van der Waals surface area contributed by atoms with E-state index < -0.39 is 0 Å². The molecule has 0 bridgehead atoms. The normalized spacial score (nSPS) is 9.33. The van der Waals surface area contributed by atoms with Gasteiger partial charge in [0.15, 0.2) is 0 Å². The lowest BCUT2D eigenvalue weighted by Gasteiger charge is -2.06. The molecule has 0 heterocycles. The molecule has 0 saturated carbocycles. The third kappa shape index (κ3) is 2.50. The van der Waals surface area contributed by atoms with Crippen molar-refractivity contribution in [3.05, 3.63) is 42.0 Å². The van der Waals surface area contributed by atoms with Gasteiger partial charge >= 0.3 is 0 Å². The highest BCUT2D eigenvalue weighted by Gasteiger charge is 1.99. The Morgan fingerprint density at radius 2 is 1.47 bits per heavy atom. The fourth-order valence-corrected chi connectivity index (χ4v) is 1.55. The van der Waals surface area contributed by atoms with Crippen LogP contribution in [0.2, 0.25) is 0 Å². The molecule has 2 rings (SSSR count). The van der Waals surface area contributed by atoms with E-state index in [1.54, 1.807) is 7.11 Å². The maximum atomic E-state index is 5.25. The molecule has 1 nitrogen and oxygen atoms in total. The first kappa shape index (κ1) is 11.6. The van der Waals surface area contributed by atoms with E-state index in [0.29, 0.717) is 0 Å². The standard InChI is InChI=1S/C12H12O.C2H6/c1-9-7-10-5-3-4-6-11(10)8-12(9)13-2;1-2/h3-8H,1-2H3;1-2H3. The van der Waals surface area contributed by atoms with Gasteiger partial charge in [-0.25, -0.2) is 0 Å². The Bertz CT molecular complexity index is 432. The van der Waals surface area contributed by atoms with Crippen LogP contribution in [0, 0.1) is 6.92 Å². The lowest BCUT2D eigenvalue weighted by molar-refractivity contribution is 0.412. The minimum atomic E-state index is 0.957. The summed E-state index contributed by atoms with van der Waals surface area (Å²) < 4.78 is 5.25. The van der Waals surface area contributed by atoms with Crippen molar-refractivity contribution in [2.24, 2.45) is 0 Å². The van der Waals surface area contributed by atoms with Crippen molar-refractivity contribution < 1.29 is 4.74 Å². The van der Waals surface area contributed by atoms with Gasteiger partial charge in [0.25, 0.3) is 0 Å². The van der Waals surface area contributed by atoms with Gasteiger partial charge in [0.1, 0.15) is 5.75 Å². The number of methoxy groups -OCH3 is 1. The van der Waals surface area contributed by atoms with E-state index in [1.165, 1.54) is 16.3 Å². The topological polar surface area (TPSA) is 9.23 Å². The monoisotopic (exact) mass is 202 g/mol. The van der Waals surface area contributed by atoms with Crippen LogP contribution in [0.25, 0.3) is 10.8 Å². The predicted molar refractivity (Wildman–Crippen MR) is 66.6 cm³/mol. The van der Waals surface area contributed by atoms with Crippen LogP contribution in [0.1, 0.15) is 19.4 Å². The van der Waals surface area contributed by atoms with Crippen molar-refractivity contribution in [1.29, 1.82) is 0 Å². The molecule has 0 unspecified atom stereocenters. The van der Waals surface area contributed by atoms with Crippen LogP contribution < -0.4 is 4.74 Å². The van der Waals surface area contributed by atoms with Crippen molar-refractivity contribution in [1.82, 2.24) is 0 Å². The minimum Gasteiger partial charge on any atom is -0.496 e. The van der Waals surface area contributed by atoms with E-state index in [2.05, 4.69) is 31.2 Å². The predicted octanol–water partition coefficient (Wildman–Crippen LogP) is 4.18. The molecule has 0 N–H and O–H groups in total. The molecule has 0 aliphatic heterocycles. The molecule has 0 aliphatic carbocycles. The van der Waals surface area contributed by atoms with E-state index in [9.17, 15) is 0 Å². The highest BCUT2D eigenvalue weighted by molar-refractivity contribution is 5.84. The molecule has 1 heteroatoms. The zero-order valence-electron chi connectivity index (χ0n) is 9.87. The molecule has 0 aromatic heterocycles. The van der Waals surface area contributed by atoms with Gasteiger partial charge in [-0.05, 0) is 35.4 Å². The van der Waals surface area contributed by atoms with Crippen molar-refractivity contribution in [2.75, 3.05) is 7.11 Å². The first-order valence-corrected chi connectivity index (χ1v) is 5.34. The SMILES string of the molecule is CC.COc1cc2ccccc2cc1C. The Balaban J connectivity index is 0.000000531. The van der Waals surface area contributed by atoms with Crippen LogP contribution in [0.4, 0.5) is 0 Å². The number of fused-ring (bicyclic) bond motifs is 1. The zero-order valence-corrected chi connectivity index (χ0v) is 9.87. The summed E-state index contributed by atoms with van der Waals surface area (Å²) in [6, 6.07) is 12.5. The molecule has 0 amide bonds. The van der Waals surface area contributed by atoms with Crippen LogP contribution >= 0.6 is 0 Å². The molecule has 80 valence electrons. The molecule has 0 atom stereocenters. The summed E-state index contributed by atoms with van der Waals surface area (Å²) in [5, 5.41) is 2.49. The van der Waals surface area contributed by atoms with Gasteiger partial charge in [0.05, 0.1) is 7.11 Å². The van der Waals surface area contributed by atoms with Crippen LogP contribution in [0.15, 0.2) is 36.4 Å². The quantitative estimate of drug-likeness (QED) is 0.674. The summed E-state index contributed by atoms with van der Waals surface area (Å²) in [6.45, 7) is 6.06. The van der Waals surface area contributed by atoms with Crippen molar-refractivity contribution in [3.8, 4) is 5.75 Å². The van der Waals surface area contributed by atoms with E-state index >= 15 is 0 Å². The molecular formula is C14H18O. The van der Waals surface area contributed by atoms with Gasteiger partial charge in [-0.15, -0.1) is 0 Å². The van der Waals surface area contributed by atoms with Crippen LogP contribution in [0.3, 0.4) is 0 Å². The summed E-state index contributed by atoms with van der Waals surface area (Å²) in [6.07, 6.45) is 0. The second-order valence-corrected chi connectivity index (χ2v) is 3.17. The first-order chi connectivity index (χ1) is 7.31. The summed E-state index contributed by atoms with van der Waals surface area (Å²) in [7, 11) is 1.71. The fraction of sp³-hybridized carbons (Fsp3) is 0.286. The summed E-state index contributed by atoms with van der Waals surface area (Å²) >= 11 is 0. The van der Waals surface area contributed by atoms with Crippen molar-refractivity contribution >= 4 is 10.8 Å². The number of rotatable bonds is 1. The van der Waals surface area contributed by atoms with Gasteiger partial charge in [0.2, 0.25) is 0 Å². The van der Waals surface area contributed by atoms with Gasteiger partial charge in [-0.3, -0.25) is 0 Å². The van der Waals surface area contributed by atoms with E-state index in [1.807, 2.05) is 26.0 Å². The van der Waals surface area contributed by atoms with Crippen molar-refractivity contribution in [3.63, 3.8) is 0 Å². The Hall–Kier alpha value is -1.50. The maximum Gasteiger partial charge on any atom is 0.122 e. The molecule has 0 radical (unpaired) electrons. The summed E-state index contributed by atoms with van der Waals surface area (Å²) in [5.41, 5.74) is 1.18. The Kier molecular flexibility index (Phi) is 4.17. The highest BCUT2D eigenvalue weighted by atomic mass is 16.5. The summed E-state index contributed by atoms with van der Waals surface area (Å²) in [5.74, 6) is 0.957. The van der Waals surface area contributed by atoms with Crippen LogP contribution in [-0.2, 0) is 0 Å². The van der Waals surface area contributed by atoms with Crippen LogP contribution in [0.5, 0.6) is 5.75 Å². The smallest absolute Gasteiger partial charge is 0.122 e. The van der Waals surface area contributed by atoms with Gasteiger partial charge in [-0.2, -0.15) is 0 Å². The Morgan fingerprint density at radius 1 is 0.933 bits per heavy atom. The second kappa shape index (κ2) is 5.40. The first-order valence-electron chi connectivity index (χ1n) is 5.34. The largest absolute Gasteiger partial charge is 0.496 e. The van der Waals surface area contributed by atoms with E-state index in [-0.39, 0.29) is 0 Å². The molecule has 2 aromatic carbocycles. The average molecular weight is 202 g/mol. The maximum absolute atomic E-state index is 5.25. The average Bonchev–Trinajstić information content (AvgIpc) is 2.31. The number of ether oxygens (including phenoxy) is 1. The number of benzene rings is 2. The fourth-order valence-electron chi connectivity index (χ4n) is 1.55. The molecule has 0 aliphatic rings. The lowest BCUT2D eigenvalue weighted by Crippen LogP contribution is -1.86. The lowest BCUT2D eigenvalue weighted by atomic mass is 10.1.